The number of para-hydroxylation sites is 1. The van der Waals surface area contributed by atoms with Crippen LogP contribution in [-0.4, -0.2) is 10.5 Å². The van der Waals surface area contributed by atoms with Gasteiger partial charge in [-0.2, -0.15) is 0 Å². The molecule has 0 aliphatic carbocycles. The van der Waals surface area contributed by atoms with Crippen molar-refractivity contribution in [3.8, 4) is 11.5 Å². The monoisotopic (exact) mass is 406 g/mol. The molecule has 152 valence electrons. The lowest BCUT2D eigenvalue weighted by atomic mass is 10.0. The number of carbonyl (C=O) groups excluding carboxylic acids is 1. The van der Waals surface area contributed by atoms with E-state index < -0.39 is 5.91 Å². The van der Waals surface area contributed by atoms with Gasteiger partial charge in [-0.05, 0) is 60.5 Å². The maximum Gasteiger partial charge on any atom is 0.249 e. The Morgan fingerprint density at radius 1 is 0.806 bits per heavy atom. The third kappa shape index (κ3) is 3.42. The van der Waals surface area contributed by atoms with E-state index in [9.17, 15) is 4.79 Å². The van der Waals surface area contributed by atoms with Crippen LogP contribution in [0.5, 0.6) is 11.5 Å². The molecule has 0 aliphatic rings. The second kappa shape index (κ2) is 7.65. The van der Waals surface area contributed by atoms with Crippen LogP contribution in [0.3, 0.4) is 0 Å². The van der Waals surface area contributed by atoms with Gasteiger partial charge in [0.25, 0.3) is 0 Å². The average molecular weight is 406 g/mol. The third-order valence-corrected chi connectivity index (χ3v) is 5.61. The molecule has 1 aromatic heterocycles. The fourth-order valence-corrected chi connectivity index (χ4v) is 4.25. The van der Waals surface area contributed by atoms with Crippen molar-refractivity contribution in [1.82, 2.24) is 4.57 Å². The van der Waals surface area contributed by atoms with E-state index in [2.05, 4.69) is 35.8 Å². The lowest BCUT2D eigenvalue weighted by Gasteiger charge is -2.11. The van der Waals surface area contributed by atoms with E-state index in [0.29, 0.717) is 12.1 Å². The number of aryl methyl sites for hydroxylation is 1. The smallest absolute Gasteiger partial charge is 0.249 e. The highest BCUT2D eigenvalue weighted by molar-refractivity contribution is 6.18. The van der Waals surface area contributed by atoms with E-state index in [0.717, 1.165) is 44.4 Å². The van der Waals surface area contributed by atoms with Crippen LogP contribution in [-0.2, 0) is 6.54 Å². The molecular weight excluding hydrogens is 384 g/mol. The maximum absolute atomic E-state index is 12.2. The van der Waals surface area contributed by atoms with Crippen LogP contribution in [0.1, 0.15) is 21.5 Å². The van der Waals surface area contributed by atoms with Crippen LogP contribution in [0.25, 0.3) is 21.8 Å². The number of ether oxygens (including phenoxy) is 1. The quantitative estimate of drug-likeness (QED) is 0.387. The fourth-order valence-electron chi connectivity index (χ4n) is 4.25. The highest BCUT2D eigenvalue weighted by Gasteiger charge is 2.17. The second-order valence-corrected chi connectivity index (χ2v) is 7.68. The van der Waals surface area contributed by atoms with Crippen LogP contribution in [0.15, 0.2) is 91.0 Å². The summed E-state index contributed by atoms with van der Waals surface area (Å²) in [6.07, 6.45) is 0. The Kier molecular flexibility index (Phi) is 4.68. The molecule has 0 saturated heterocycles. The Labute approximate surface area is 180 Å². The zero-order valence-corrected chi connectivity index (χ0v) is 17.2. The summed E-state index contributed by atoms with van der Waals surface area (Å²) < 4.78 is 8.25. The molecule has 0 aliphatic heterocycles. The van der Waals surface area contributed by atoms with Gasteiger partial charge in [0.05, 0.1) is 5.52 Å². The Balaban J connectivity index is 1.63. The van der Waals surface area contributed by atoms with E-state index in [1.807, 2.05) is 60.7 Å². The molecular formula is C27H22N2O2. The molecule has 31 heavy (non-hydrogen) atoms. The van der Waals surface area contributed by atoms with Crippen molar-refractivity contribution in [1.29, 1.82) is 0 Å². The first-order valence-corrected chi connectivity index (χ1v) is 10.2. The van der Waals surface area contributed by atoms with E-state index in [1.165, 1.54) is 0 Å². The largest absolute Gasteiger partial charge is 0.457 e. The average Bonchev–Trinajstić information content (AvgIpc) is 3.09. The summed E-state index contributed by atoms with van der Waals surface area (Å²) in [5, 5.41) is 1.99. The number of benzene rings is 4. The van der Waals surface area contributed by atoms with E-state index >= 15 is 0 Å². The molecule has 4 aromatic carbocycles. The van der Waals surface area contributed by atoms with Crippen molar-refractivity contribution in [2.45, 2.75) is 13.5 Å². The lowest BCUT2D eigenvalue weighted by Crippen LogP contribution is -2.11. The molecule has 0 unspecified atom stereocenters. The second-order valence-electron chi connectivity index (χ2n) is 7.68. The minimum absolute atomic E-state index is 0.411. The molecule has 0 atom stereocenters. The third-order valence-electron chi connectivity index (χ3n) is 5.61. The summed E-state index contributed by atoms with van der Waals surface area (Å²) in [6, 6.07) is 29.8. The van der Waals surface area contributed by atoms with Gasteiger partial charge in [0.1, 0.15) is 11.5 Å². The van der Waals surface area contributed by atoms with Crippen molar-refractivity contribution >= 4 is 27.7 Å². The van der Waals surface area contributed by atoms with Crippen LogP contribution in [0.2, 0.25) is 0 Å². The van der Waals surface area contributed by atoms with Crippen LogP contribution in [0.4, 0.5) is 0 Å². The van der Waals surface area contributed by atoms with Gasteiger partial charge in [0.15, 0.2) is 0 Å². The van der Waals surface area contributed by atoms with E-state index in [-0.39, 0.29) is 0 Å². The molecule has 1 heterocycles. The van der Waals surface area contributed by atoms with Crippen molar-refractivity contribution < 1.29 is 9.53 Å². The van der Waals surface area contributed by atoms with E-state index in [1.54, 1.807) is 6.07 Å². The molecule has 2 N–H and O–H groups in total. The fraction of sp³-hybridized carbons (Fsp3) is 0.0741. The lowest BCUT2D eigenvalue weighted by molar-refractivity contribution is 0.100. The van der Waals surface area contributed by atoms with Gasteiger partial charge in [-0.1, -0.05) is 48.5 Å². The normalized spacial score (nSPS) is 11.1. The minimum atomic E-state index is -0.411. The zero-order chi connectivity index (χ0) is 21.4. The van der Waals surface area contributed by atoms with Gasteiger partial charge < -0.3 is 15.0 Å². The number of amides is 1. The van der Waals surface area contributed by atoms with Gasteiger partial charge >= 0.3 is 0 Å². The number of rotatable bonds is 5. The summed E-state index contributed by atoms with van der Waals surface area (Å²) in [5.74, 6) is 1.18. The Morgan fingerprint density at radius 2 is 1.48 bits per heavy atom. The number of nitrogens with two attached hydrogens (primary N) is 1. The van der Waals surface area contributed by atoms with Crippen molar-refractivity contribution in [3.05, 3.63) is 108 Å². The van der Waals surface area contributed by atoms with Crippen molar-refractivity contribution in [2.24, 2.45) is 5.73 Å². The zero-order valence-electron chi connectivity index (χ0n) is 17.2. The van der Waals surface area contributed by atoms with Gasteiger partial charge in [-0.3, -0.25) is 4.79 Å². The Bertz CT molecular complexity index is 1420. The number of fused-ring (bicyclic) bond motifs is 3. The van der Waals surface area contributed by atoms with Crippen molar-refractivity contribution in [2.75, 3.05) is 0 Å². The van der Waals surface area contributed by atoms with Gasteiger partial charge in [-0.25, -0.2) is 0 Å². The molecule has 0 radical (unpaired) electrons. The van der Waals surface area contributed by atoms with Crippen molar-refractivity contribution in [3.63, 3.8) is 0 Å². The number of hydrogen-bond donors (Lipinski definition) is 1. The molecule has 5 aromatic rings. The van der Waals surface area contributed by atoms with Gasteiger partial charge in [0.2, 0.25) is 5.91 Å². The highest BCUT2D eigenvalue weighted by Crippen LogP contribution is 2.34. The predicted molar refractivity (Wildman–Crippen MR) is 125 cm³/mol. The molecule has 1 amide bonds. The summed E-state index contributed by atoms with van der Waals surface area (Å²) in [4.78, 5) is 12.2. The summed E-state index contributed by atoms with van der Waals surface area (Å²) in [6.45, 7) is 2.72. The topological polar surface area (TPSA) is 57.2 Å². The standard InChI is InChI=1S/C27H22N2O2/c1-18-8-5-14-23-25(18)26-22(27(28)30)13-7-15-24(26)29(23)17-19-9-6-12-21(16-19)31-20-10-3-2-4-11-20/h2-16H,17H2,1H3,(H2,28,30). The molecule has 4 nitrogen and oxygen atoms in total. The molecule has 0 spiro atoms. The van der Waals surface area contributed by atoms with Crippen LogP contribution < -0.4 is 10.5 Å². The summed E-state index contributed by atoms with van der Waals surface area (Å²) >= 11 is 0. The number of aromatic nitrogens is 1. The Morgan fingerprint density at radius 3 is 2.26 bits per heavy atom. The SMILES string of the molecule is Cc1cccc2c1c1c(C(N)=O)cccc1n2Cc1cccc(Oc2ccccc2)c1. The predicted octanol–water partition coefficient (Wildman–Crippen LogP) is 6.04. The molecule has 0 saturated carbocycles. The molecule has 5 rings (SSSR count). The first kappa shape index (κ1) is 18.9. The number of hydrogen-bond acceptors (Lipinski definition) is 2. The number of primary amides is 1. The first-order chi connectivity index (χ1) is 15.1. The van der Waals surface area contributed by atoms with Gasteiger partial charge in [-0.15, -0.1) is 0 Å². The van der Waals surface area contributed by atoms with Gasteiger partial charge in [0, 0.05) is 28.4 Å². The van der Waals surface area contributed by atoms with Crippen LogP contribution >= 0.6 is 0 Å². The molecule has 0 fully saturated rings. The minimum Gasteiger partial charge on any atom is -0.457 e. The first-order valence-electron chi connectivity index (χ1n) is 10.2. The Hall–Kier alpha value is -4.05. The number of nitrogens with zero attached hydrogens (tertiary/aromatic N) is 1. The van der Waals surface area contributed by atoms with Crippen LogP contribution in [0, 0.1) is 6.92 Å². The highest BCUT2D eigenvalue weighted by atomic mass is 16.5. The number of carbonyl (C=O) groups is 1. The molecule has 0 bridgehead atoms. The molecule has 4 heteroatoms. The maximum atomic E-state index is 12.2. The summed E-state index contributed by atoms with van der Waals surface area (Å²) in [5.41, 5.74) is 10.6. The van der Waals surface area contributed by atoms with E-state index in [4.69, 9.17) is 10.5 Å². The summed E-state index contributed by atoms with van der Waals surface area (Å²) in [7, 11) is 0.